The molecule has 1 N–H and O–H groups in total. The number of hydrogen-bond acceptors (Lipinski definition) is 5. The largest absolute Gasteiger partial charge is 0.472 e. The van der Waals surface area contributed by atoms with Gasteiger partial charge in [0.1, 0.15) is 0 Å². The molecule has 4 fully saturated rings. The number of furan rings is 1. The van der Waals surface area contributed by atoms with Crippen molar-refractivity contribution in [3.8, 4) is 0 Å². The molecule has 0 radical (unpaired) electrons. The van der Waals surface area contributed by atoms with Gasteiger partial charge >= 0.3 is 0 Å². The molecule has 36 heavy (non-hydrogen) atoms. The number of ether oxygens (including phenoxy) is 2. The molecule has 1 saturated heterocycles. The molecule has 5 aliphatic rings. The summed E-state index contributed by atoms with van der Waals surface area (Å²) in [5.74, 6) is 1.39. The predicted molar refractivity (Wildman–Crippen MR) is 141 cm³/mol. The lowest BCUT2D eigenvalue weighted by Crippen LogP contribution is -2.60. The fourth-order valence-electron chi connectivity index (χ4n) is 9.37. The Morgan fingerprint density at radius 3 is 2.67 bits per heavy atom. The van der Waals surface area contributed by atoms with Crippen LogP contribution in [0.4, 0.5) is 0 Å². The summed E-state index contributed by atoms with van der Waals surface area (Å²) in [5, 5.41) is 12.4. The zero-order chi connectivity index (χ0) is 24.8. The number of likely N-dealkylation sites (tertiary alicyclic amines) is 1. The van der Waals surface area contributed by atoms with Crippen molar-refractivity contribution in [3.63, 3.8) is 0 Å². The van der Waals surface area contributed by atoms with Crippen LogP contribution in [0.1, 0.15) is 89.5 Å². The van der Waals surface area contributed by atoms with Gasteiger partial charge in [-0.3, -0.25) is 0 Å². The summed E-state index contributed by atoms with van der Waals surface area (Å²) >= 11 is 0. The van der Waals surface area contributed by atoms with Gasteiger partial charge in [0.15, 0.2) is 0 Å². The van der Waals surface area contributed by atoms with Crippen LogP contribution in [0.3, 0.4) is 0 Å². The maximum absolute atomic E-state index is 12.4. The second-order valence-corrected chi connectivity index (χ2v) is 13.0. The minimum absolute atomic E-state index is 0.0509. The minimum Gasteiger partial charge on any atom is -0.472 e. The Morgan fingerprint density at radius 1 is 1.00 bits per heavy atom. The summed E-state index contributed by atoms with van der Waals surface area (Å²) in [4.78, 5) is 2.50. The van der Waals surface area contributed by atoms with Gasteiger partial charge in [0.25, 0.3) is 0 Å². The first-order valence-corrected chi connectivity index (χ1v) is 14.8. The summed E-state index contributed by atoms with van der Waals surface area (Å²) in [6.45, 7) is 10.6. The highest BCUT2D eigenvalue weighted by atomic mass is 16.5. The second kappa shape index (κ2) is 9.87. The molecule has 5 heteroatoms. The molecule has 200 valence electrons. The van der Waals surface area contributed by atoms with Crippen LogP contribution in [-0.4, -0.2) is 61.2 Å². The van der Waals surface area contributed by atoms with Gasteiger partial charge < -0.3 is 23.9 Å². The van der Waals surface area contributed by atoms with Crippen molar-refractivity contribution in [3.05, 3.63) is 35.8 Å². The van der Waals surface area contributed by atoms with E-state index in [-0.39, 0.29) is 16.9 Å². The summed E-state index contributed by atoms with van der Waals surface area (Å²) in [5.41, 5.74) is 2.48. The third-order valence-electron chi connectivity index (χ3n) is 11.5. The summed E-state index contributed by atoms with van der Waals surface area (Å²) in [6, 6.07) is 2.12. The number of allylic oxidation sites excluding steroid dienone is 1. The molecule has 1 aromatic heterocycles. The lowest BCUT2D eigenvalue weighted by molar-refractivity contribution is -0.178. The molecule has 2 unspecified atom stereocenters. The van der Waals surface area contributed by atoms with E-state index in [1.807, 2.05) is 6.26 Å². The molecule has 0 spiro atoms. The lowest BCUT2D eigenvalue weighted by atomic mass is 9.45. The summed E-state index contributed by atoms with van der Waals surface area (Å²) in [7, 11) is 0. The average molecular weight is 498 g/mol. The fraction of sp³-hybridized carbons (Fsp3) is 0.806. The SMILES string of the molecule is C[C@]12CCC(OCCOCCN3CCCC3)C=C1CC[C@@H]1[C@H]2CC[C@]2(C)C(c3ccoc3)CC[C@@]12O. The van der Waals surface area contributed by atoms with Gasteiger partial charge in [-0.2, -0.15) is 0 Å². The third kappa shape index (κ3) is 4.13. The zero-order valence-electron chi connectivity index (χ0n) is 22.6. The quantitative estimate of drug-likeness (QED) is 0.356. The van der Waals surface area contributed by atoms with E-state index in [0.29, 0.717) is 31.0 Å². The highest BCUT2D eigenvalue weighted by Gasteiger charge is 2.66. The Kier molecular flexibility index (Phi) is 6.90. The molecule has 1 aliphatic heterocycles. The fourth-order valence-corrected chi connectivity index (χ4v) is 9.37. The van der Waals surface area contributed by atoms with Gasteiger partial charge in [-0.15, -0.1) is 0 Å². The maximum atomic E-state index is 12.4. The number of rotatable bonds is 8. The number of nitrogens with zero attached hydrogens (tertiary/aromatic N) is 1. The molecule has 0 bridgehead atoms. The van der Waals surface area contributed by atoms with Crippen LogP contribution in [0.2, 0.25) is 0 Å². The molecule has 5 nitrogen and oxygen atoms in total. The van der Waals surface area contributed by atoms with E-state index in [4.69, 9.17) is 13.9 Å². The van der Waals surface area contributed by atoms with Crippen LogP contribution >= 0.6 is 0 Å². The highest BCUT2D eigenvalue weighted by Crippen LogP contribution is 2.70. The first kappa shape index (κ1) is 25.2. The topological polar surface area (TPSA) is 55.1 Å². The van der Waals surface area contributed by atoms with Crippen LogP contribution in [0.5, 0.6) is 0 Å². The van der Waals surface area contributed by atoms with Gasteiger partial charge in [0.05, 0.1) is 44.1 Å². The van der Waals surface area contributed by atoms with E-state index in [2.05, 4.69) is 30.9 Å². The van der Waals surface area contributed by atoms with Crippen LogP contribution in [0, 0.1) is 22.7 Å². The molecule has 3 saturated carbocycles. The van der Waals surface area contributed by atoms with Gasteiger partial charge in [0, 0.05) is 12.0 Å². The normalized spacial score (nSPS) is 42.6. The number of hydrogen-bond donors (Lipinski definition) is 1. The van der Waals surface area contributed by atoms with E-state index in [9.17, 15) is 5.11 Å². The Balaban J connectivity index is 1.07. The summed E-state index contributed by atoms with van der Waals surface area (Å²) in [6.07, 6.45) is 17.9. The standard InChI is InChI=1S/C31H47NO4/c1-29-11-7-25(36-20-19-34-18-16-32-14-3-4-15-32)21-24(29)5-6-28-27(29)8-12-30(2)26(9-13-31(28,30)33)23-10-17-35-22-23/h10,17,21-22,25-28,33H,3-9,11-16,18-20H2,1-2H3/t25?,26?,27-,28-,29+,30-,31-/m1/s1. The highest BCUT2D eigenvalue weighted by molar-refractivity contribution is 5.31. The van der Waals surface area contributed by atoms with E-state index >= 15 is 0 Å². The van der Waals surface area contributed by atoms with Crippen molar-refractivity contribution in [2.75, 3.05) is 39.5 Å². The van der Waals surface area contributed by atoms with Crippen molar-refractivity contribution in [2.45, 2.75) is 95.7 Å². The van der Waals surface area contributed by atoms with E-state index in [1.165, 1.54) is 44.3 Å². The first-order chi connectivity index (χ1) is 17.4. The van der Waals surface area contributed by atoms with Crippen molar-refractivity contribution in [1.29, 1.82) is 0 Å². The number of aliphatic hydroxyl groups is 1. The molecular formula is C31H47NO4. The van der Waals surface area contributed by atoms with Gasteiger partial charge in [-0.1, -0.05) is 25.5 Å². The van der Waals surface area contributed by atoms with Crippen LogP contribution in [0.25, 0.3) is 0 Å². The maximum Gasteiger partial charge on any atom is 0.0937 e. The Bertz CT molecular complexity index is 923. The van der Waals surface area contributed by atoms with Gasteiger partial charge in [-0.25, -0.2) is 0 Å². The lowest BCUT2D eigenvalue weighted by Gasteiger charge is -2.61. The molecule has 4 aliphatic carbocycles. The minimum atomic E-state index is -0.563. The van der Waals surface area contributed by atoms with E-state index in [0.717, 1.165) is 51.7 Å². The van der Waals surface area contributed by atoms with Crippen LogP contribution in [0.15, 0.2) is 34.7 Å². The van der Waals surface area contributed by atoms with Gasteiger partial charge in [-0.05, 0) is 112 Å². The summed E-state index contributed by atoms with van der Waals surface area (Å²) < 4.78 is 17.6. The monoisotopic (exact) mass is 497 g/mol. The Morgan fingerprint density at radius 2 is 1.86 bits per heavy atom. The Hall–Kier alpha value is -1.14. The zero-order valence-corrected chi connectivity index (χ0v) is 22.6. The first-order valence-electron chi connectivity index (χ1n) is 14.8. The average Bonchev–Trinajstić information content (AvgIpc) is 3.62. The molecule has 0 aromatic carbocycles. The van der Waals surface area contributed by atoms with E-state index < -0.39 is 5.60 Å². The van der Waals surface area contributed by atoms with E-state index in [1.54, 1.807) is 11.8 Å². The third-order valence-corrected chi connectivity index (χ3v) is 11.5. The van der Waals surface area contributed by atoms with Crippen molar-refractivity contribution in [2.24, 2.45) is 22.7 Å². The molecule has 7 atom stereocenters. The second-order valence-electron chi connectivity index (χ2n) is 13.0. The van der Waals surface area contributed by atoms with Crippen molar-refractivity contribution < 1.29 is 19.0 Å². The predicted octanol–water partition coefficient (Wildman–Crippen LogP) is 5.94. The van der Waals surface area contributed by atoms with Crippen molar-refractivity contribution in [1.82, 2.24) is 4.90 Å². The number of fused-ring (bicyclic) bond motifs is 5. The molecular weight excluding hydrogens is 450 g/mol. The van der Waals surface area contributed by atoms with Crippen molar-refractivity contribution >= 4 is 0 Å². The smallest absolute Gasteiger partial charge is 0.0937 e. The van der Waals surface area contributed by atoms with Gasteiger partial charge in [0.2, 0.25) is 0 Å². The molecule has 2 heterocycles. The molecule has 0 amide bonds. The molecule has 1 aromatic rings. The Labute approximate surface area is 217 Å². The van der Waals surface area contributed by atoms with Crippen LogP contribution < -0.4 is 0 Å². The molecule has 6 rings (SSSR count). The van der Waals surface area contributed by atoms with Crippen LogP contribution in [-0.2, 0) is 9.47 Å².